The number of alkyl carbamates (subject to hydrolysis) is 1. The quantitative estimate of drug-likeness (QED) is 0.694. The minimum absolute atomic E-state index is 0.106. The van der Waals surface area contributed by atoms with Crippen LogP contribution in [0.15, 0.2) is 30.3 Å². The molecule has 154 valence electrons. The summed E-state index contributed by atoms with van der Waals surface area (Å²) in [5, 5.41) is 12.7. The van der Waals surface area contributed by atoms with E-state index in [1.165, 1.54) is 0 Å². The van der Waals surface area contributed by atoms with E-state index in [9.17, 15) is 9.59 Å². The zero-order valence-electron chi connectivity index (χ0n) is 16.4. The van der Waals surface area contributed by atoms with Gasteiger partial charge in [0.25, 0.3) is 5.91 Å². The largest absolute Gasteiger partial charge is 0.446 e. The van der Waals surface area contributed by atoms with Crippen LogP contribution in [0.3, 0.4) is 0 Å². The fourth-order valence-electron chi connectivity index (χ4n) is 3.69. The van der Waals surface area contributed by atoms with Gasteiger partial charge in [-0.3, -0.25) is 9.89 Å². The maximum absolute atomic E-state index is 12.1. The summed E-state index contributed by atoms with van der Waals surface area (Å²) in [6.45, 7) is 3.10. The fourth-order valence-corrected chi connectivity index (χ4v) is 3.69. The van der Waals surface area contributed by atoms with Gasteiger partial charge in [-0.25, -0.2) is 4.79 Å². The second-order valence-corrected chi connectivity index (χ2v) is 7.68. The second-order valence-electron chi connectivity index (χ2n) is 7.68. The Morgan fingerprint density at radius 3 is 2.90 bits per heavy atom. The Bertz CT molecular complexity index is 869. The van der Waals surface area contributed by atoms with Crippen LogP contribution in [0.5, 0.6) is 0 Å². The number of aryl methyl sites for hydroxylation is 1. The zero-order chi connectivity index (χ0) is 20.2. The van der Waals surface area contributed by atoms with Gasteiger partial charge >= 0.3 is 6.09 Å². The van der Waals surface area contributed by atoms with Crippen LogP contribution in [-0.2, 0) is 20.8 Å². The van der Waals surface area contributed by atoms with Crippen molar-refractivity contribution in [2.45, 2.75) is 57.3 Å². The summed E-state index contributed by atoms with van der Waals surface area (Å²) in [7, 11) is 0. The van der Waals surface area contributed by atoms with Crippen LogP contribution in [0.1, 0.15) is 48.4 Å². The molecule has 3 N–H and O–H groups in total. The van der Waals surface area contributed by atoms with E-state index in [0.29, 0.717) is 19.0 Å². The molecule has 0 spiro atoms. The molecule has 1 atom stereocenters. The van der Waals surface area contributed by atoms with E-state index < -0.39 is 6.09 Å². The monoisotopic (exact) mass is 398 g/mol. The van der Waals surface area contributed by atoms with Gasteiger partial charge in [0.05, 0.1) is 0 Å². The lowest BCUT2D eigenvalue weighted by atomic mass is 9.80. The summed E-state index contributed by atoms with van der Waals surface area (Å²) >= 11 is 0. The van der Waals surface area contributed by atoms with Crippen molar-refractivity contribution in [3.8, 4) is 0 Å². The number of nitrogens with zero attached hydrogens (tertiary/aromatic N) is 1. The SMILES string of the molecule is Cc1ccccc1CNC(=O)OC1CC(c2cc(NC(=O)[C@H]3CCCO3)n[nH]2)C1. The standard InChI is InChI=1S/C21H26N4O4/c1-13-5-2-3-6-14(13)12-22-21(27)29-16-9-15(10-16)17-11-19(25-24-17)23-20(26)18-7-4-8-28-18/h2-3,5-6,11,15-16,18H,4,7-10,12H2,1H3,(H,22,27)(H2,23,24,25,26)/t15?,16?,18-/m1/s1. The van der Waals surface area contributed by atoms with Crippen LogP contribution in [0.2, 0.25) is 0 Å². The van der Waals surface area contributed by atoms with Gasteiger partial charge in [-0.05, 0) is 43.7 Å². The van der Waals surface area contributed by atoms with E-state index in [2.05, 4.69) is 20.8 Å². The molecule has 0 radical (unpaired) electrons. The van der Waals surface area contributed by atoms with Crippen LogP contribution >= 0.6 is 0 Å². The maximum Gasteiger partial charge on any atom is 0.407 e. The Morgan fingerprint density at radius 1 is 1.31 bits per heavy atom. The van der Waals surface area contributed by atoms with E-state index in [0.717, 1.165) is 42.5 Å². The Hall–Kier alpha value is -2.87. The molecule has 0 bridgehead atoms. The first-order valence-corrected chi connectivity index (χ1v) is 10.1. The smallest absolute Gasteiger partial charge is 0.407 e. The minimum Gasteiger partial charge on any atom is -0.446 e. The Kier molecular flexibility index (Phi) is 5.80. The van der Waals surface area contributed by atoms with Gasteiger partial charge < -0.3 is 20.1 Å². The van der Waals surface area contributed by atoms with Crippen LogP contribution in [-0.4, -0.2) is 41.0 Å². The number of hydrogen-bond donors (Lipinski definition) is 3. The number of carbonyl (C=O) groups excluding carboxylic acids is 2. The van der Waals surface area contributed by atoms with E-state index >= 15 is 0 Å². The second kappa shape index (κ2) is 8.65. The first-order valence-electron chi connectivity index (χ1n) is 10.1. The molecule has 1 aliphatic carbocycles. The van der Waals surface area contributed by atoms with Crippen LogP contribution in [0.4, 0.5) is 10.6 Å². The summed E-state index contributed by atoms with van der Waals surface area (Å²) in [5.41, 5.74) is 3.15. The summed E-state index contributed by atoms with van der Waals surface area (Å²) < 4.78 is 10.8. The van der Waals surface area contributed by atoms with Crippen molar-refractivity contribution in [1.29, 1.82) is 0 Å². The fraction of sp³-hybridized carbons (Fsp3) is 0.476. The molecule has 2 aliphatic rings. The number of aromatic amines is 1. The lowest BCUT2D eigenvalue weighted by Crippen LogP contribution is -2.36. The highest BCUT2D eigenvalue weighted by atomic mass is 16.6. The number of aromatic nitrogens is 2. The van der Waals surface area contributed by atoms with Gasteiger partial charge in [0, 0.05) is 30.8 Å². The van der Waals surface area contributed by atoms with E-state index in [1.807, 2.05) is 37.3 Å². The van der Waals surface area contributed by atoms with Gasteiger partial charge in [0.2, 0.25) is 0 Å². The van der Waals surface area contributed by atoms with Crippen molar-refractivity contribution in [3.63, 3.8) is 0 Å². The number of carbonyl (C=O) groups is 2. The molecule has 2 amide bonds. The zero-order valence-corrected chi connectivity index (χ0v) is 16.4. The van der Waals surface area contributed by atoms with Gasteiger partial charge in [-0.2, -0.15) is 5.10 Å². The van der Waals surface area contributed by atoms with Gasteiger partial charge in [0.1, 0.15) is 12.2 Å². The Morgan fingerprint density at radius 2 is 2.14 bits per heavy atom. The Labute approximate surface area is 169 Å². The predicted octanol–water partition coefficient (Wildman–Crippen LogP) is 3.01. The minimum atomic E-state index is -0.397. The van der Waals surface area contributed by atoms with Crippen molar-refractivity contribution < 1.29 is 19.1 Å². The van der Waals surface area contributed by atoms with Crippen molar-refractivity contribution in [2.24, 2.45) is 0 Å². The summed E-state index contributed by atoms with van der Waals surface area (Å²) in [6.07, 6.45) is 2.24. The molecule has 29 heavy (non-hydrogen) atoms. The third-order valence-corrected chi connectivity index (χ3v) is 5.56. The molecule has 1 aliphatic heterocycles. The van der Waals surface area contributed by atoms with Gasteiger partial charge in [-0.1, -0.05) is 24.3 Å². The highest BCUT2D eigenvalue weighted by molar-refractivity contribution is 5.93. The van der Waals surface area contributed by atoms with Crippen molar-refractivity contribution in [2.75, 3.05) is 11.9 Å². The molecule has 1 aromatic heterocycles. The van der Waals surface area contributed by atoms with E-state index in [4.69, 9.17) is 9.47 Å². The van der Waals surface area contributed by atoms with E-state index in [1.54, 1.807) is 0 Å². The lowest BCUT2D eigenvalue weighted by Gasteiger charge is -2.33. The predicted molar refractivity (Wildman–Crippen MR) is 106 cm³/mol. The summed E-state index contributed by atoms with van der Waals surface area (Å²) in [5.74, 6) is 0.589. The number of benzene rings is 1. The van der Waals surface area contributed by atoms with Crippen molar-refractivity contribution >= 4 is 17.8 Å². The maximum atomic E-state index is 12.1. The number of H-pyrrole nitrogens is 1. The van der Waals surface area contributed by atoms with Crippen molar-refractivity contribution in [1.82, 2.24) is 15.5 Å². The molecular formula is C21H26N4O4. The molecule has 8 nitrogen and oxygen atoms in total. The molecule has 1 saturated heterocycles. The number of amides is 2. The highest BCUT2D eigenvalue weighted by Gasteiger charge is 2.34. The number of hydrogen-bond acceptors (Lipinski definition) is 5. The average molecular weight is 398 g/mol. The van der Waals surface area contributed by atoms with Crippen LogP contribution in [0.25, 0.3) is 0 Å². The van der Waals surface area contributed by atoms with Crippen molar-refractivity contribution in [3.05, 3.63) is 47.2 Å². The molecular weight excluding hydrogens is 372 g/mol. The third kappa shape index (κ3) is 4.76. The lowest BCUT2D eigenvalue weighted by molar-refractivity contribution is -0.124. The molecule has 4 rings (SSSR count). The summed E-state index contributed by atoms with van der Waals surface area (Å²) in [4.78, 5) is 24.1. The normalized spacial score (nSPS) is 23.3. The average Bonchev–Trinajstić information content (AvgIpc) is 3.36. The first kappa shape index (κ1) is 19.4. The molecule has 1 aromatic carbocycles. The summed E-state index contributed by atoms with van der Waals surface area (Å²) in [6, 6.07) is 9.77. The van der Waals surface area contributed by atoms with Crippen LogP contribution < -0.4 is 10.6 Å². The number of anilines is 1. The molecule has 0 unspecified atom stereocenters. The molecule has 1 saturated carbocycles. The number of rotatable bonds is 6. The molecule has 2 fully saturated rings. The number of nitrogens with one attached hydrogen (secondary N) is 3. The molecule has 2 heterocycles. The first-order chi connectivity index (χ1) is 14.1. The Balaban J connectivity index is 1.19. The van der Waals surface area contributed by atoms with Crippen LogP contribution in [0, 0.1) is 6.92 Å². The van der Waals surface area contributed by atoms with E-state index in [-0.39, 0.29) is 24.0 Å². The topological polar surface area (TPSA) is 105 Å². The third-order valence-electron chi connectivity index (χ3n) is 5.56. The number of ether oxygens (including phenoxy) is 2. The van der Waals surface area contributed by atoms with Gasteiger partial charge in [-0.15, -0.1) is 0 Å². The molecule has 8 heteroatoms. The van der Waals surface area contributed by atoms with Gasteiger partial charge in [0.15, 0.2) is 5.82 Å². The highest BCUT2D eigenvalue weighted by Crippen LogP contribution is 2.38. The molecule has 2 aromatic rings.